The Morgan fingerprint density at radius 3 is 2.00 bits per heavy atom. The zero-order chi connectivity index (χ0) is 17.5. The highest BCUT2D eigenvalue weighted by Crippen LogP contribution is 2.24. The number of rotatable bonds is 5. The van der Waals surface area contributed by atoms with Crippen molar-refractivity contribution in [3.8, 4) is 0 Å². The van der Waals surface area contributed by atoms with Gasteiger partial charge in [-0.25, -0.2) is 4.79 Å². The van der Waals surface area contributed by atoms with Crippen molar-refractivity contribution in [2.24, 2.45) is 0 Å². The predicted molar refractivity (Wildman–Crippen MR) is 105 cm³/mol. The maximum absolute atomic E-state index is 12.1. The van der Waals surface area contributed by atoms with Gasteiger partial charge in [0.2, 0.25) is 0 Å². The molecule has 3 rings (SSSR count). The highest BCUT2D eigenvalue weighted by Gasteiger charge is 2.21. The Bertz CT molecular complexity index is 531. The van der Waals surface area contributed by atoms with E-state index < -0.39 is 0 Å². The average Bonchev–Trinajstić information content (AvgIpc) is 2.69. The summed E-state index contributed by atoms with van der Waals surface area (Å²) in [5.41, 5.74) is 2.61. The smallest absolute Gasteiger partial charge is 0.317 e. The molecule has 0 bridgehead atoms. The zero-order valence-electron chi connectivity index (χ0n) is 15.5. The largest absolute Gasteiger partial charge is 0.372 e. The predicted octanol–water partition coefficient (Wildman–Crippen LogP) is 3.31. The van der Waals surface area contributed by atoms with Crippen LogP contribution in [0.2, 0.25) is 0 Å². The molecule has 138 valence electrons. The highest BCUT2D eigenvalue weighted by atomic mass is 16.2. The van der Waals surface area contributed by atoms with Gasteiger partial charge in [0.1, 0.15) is 0 Å². The van der Waals surface area contributed by atoms with Crippen LogP contribution in [0.15, 0.2) is 24.3 Å². The minimum atomic E-state index is 0.0912. The van der Waals surface area contributed by atoms with Crippen LogP contribution in [0.3, 0.4) is 0 Å². The lowest BCUT2D eigenvalue weighted by atomic mass is 10.1. The molecule has 1 aromatic carbocycles. The molecular weight excluding hydrogens is 312 g/mol. The normalized spacial score (nSPS) is 18.4. The molecule has 2 fully saturated rings. The molecule has 5 nitrogen and oxygen atoms in total. The SMILES string of the molecule is CCCCNC(=O)N1CCN(c2ccc(N3CCCCC3)cc2)CC1. The van der Waals surface area contributed by atoms with Crippen LogP contribution in [-0.4, -0.2) is 56.7 Å². The third-order valence-corrected chi connectivity index (χ3v) is 5.31. The van der Waals surface area contributed by atoms with Crippen molar-refractivity contribution in [3.63, 3.8) is 0 Å². The van der Waals surface area contributed by atoms with E-state index in [0.29, 0.717) is 0 Å². The molecule has 2 amide bonds. The Morgan fingerprint density at radius 1 is 0.880 bits per heavy atom. The van der Waals surface area contributed by atoms with Crippen LogP contribution >= 0.6 is 0 Å². The summed E-state index contributed by atoms with van der Waals surface area (Å²) in [6, 6.07) is 9.07. The summed E-state index contributed by atoms with van der Waals surface area (Å²) < 4.78 is 0. The van der Waals surface area contributed by atoms with Gasteiger partial charge in [-0.1, -0.05) is 13.3 Å². The minimum absolute atomic E-state index is 0.0912. The van der Waals surface area contributed by atoms with Crippen LogP contribution in [0.25, 0.3) is 0 Å². The molecule has 0 unspecified atom stereocenters. The maximum Gasteiger partial charge on any atom is 0.317 e. The lowest BCUT2D eigenvalue weighted by Crippen LogP contribution is -2.52. The van der Waals surface area contributed by atoms with E-state index in [1.807, 2.05) is 4.90 Å². The zero-order valence-corrected chi connectivity index (χ0v) is 15.5. The fourth-order valence-electron chi connectivity index (χ4n) is 3.68. The standard InChI is InChI=1S/C20H32N4O/c1-2-3-11-21-20(25)24-16-14-23(15-17-24)19-9-7-18(8-10-19)22-12-5-4-6-13-22/h7-10H,2-6,11-17H2,1H3,(H,21,25). The number of unbranched alkanes of at least 4 members (excludes halogenated alkanes) is 1. The Labute approximate surface area is 152 Å². The van der Waals surface area contributed by atoms with Gasteiger partial charge in [0.05, 0.1) is 0 Å². The Balaban J connectivity index is 1.48. The first-order chi connectivity index (χ1) is 12.3. The number of carbonyl (C=O) groups is 1. The van der Waals surface area contributed by atoms with Crippen molar-refractivity contribution < 1.29 is 4.79 Å². The molecule has 25 heavy (non-hydrogen) atoms. The molecule has 5 heteroatoms. The van der Waals surface area contributed by atoms with Crippen molar-refractivity contribution in [2.75, 3.05) is 55.6 Å². The minimum Gasteiger partial charge on any atom is -0.372 e. The monoisotopic (exact) mass is 344 g/mol. The van der Waals surface area contributed by atoms with Crippen molar-refractivity contribution >= 4 is 17.4 Å². The van der Waals surface area contributed by atoms with Gasteiger partial charge in [0, 0.05) is 57.2 Å². The van der Waals surface area contributed by atoms with Gasteiger partial charge in [-0.3, -0.25) is 0 Å². The number of nitrogens with one attached hydrogen (secondary N) is 1. The molecule has 0 atom stereocenters. The van der Waals surface area contributed by atoms with E-state index >= 15 is 0 Å². The fraction of sp³-hybridized carbons (Fsp3) is 0.650. The molecule has 0 spiro atoms. The number of nitrogens with zero attached hydrogens (tertiary/aromatic N) is 3. The summed E-state index contributed by atoms with van der Waals surface area (Å²) in [7, 11) is 0. The summed E-state index contributed by atoms with van der Waals surface area (Å²) in [6.45, 7) is 8.71. The molecular formula is C20H32N4O. The number of carbonyl (C=O) groups excluding carboxylic acids is 1. The molecule has 2 aliphatic rings. The number of anilines is 2. The van der Waals surface area contributed by atoms with Crippen molar-refractivity contribution in [1.82, 2.24) is 10.2 Å². The van der Waals surface area contributed by atoms with Crippen LogP contribution < -0.4 is 15.1 Å². The Hall–Kier alpha value is -1.91. The number of amides is 2. The summed E-state index contributed by atoms with van der Waals surface area (Å²) in [6.07, 6.45) is 6.15. The van der Waals surface area contributed by atoms with E-state index in [2.05, 4.69) is 46.3 Å². The van der Waals surface area contributed by atoms with Gasteiger partial charge in [-0.15, -0.1) is 0 Å². The Kier molecular flexibility index (Phi) is 6.42. The molecule has 2 heterocycles. The molecule has 0 radical (unpaired) electrons. The number of hydrogen-bond donors (Lipinski definition) is 1. The maximum atomic E-state index is 12.1. The van der Waals surface area contributed by atoms with Crippen LogP contribution in [0.1, 0.15) is 39.0 Å². The molecule has 2 saturated heterocycles. The second-order valence-corrected chi connectivity index (χ2v) is 7.12. The first-order valence-corrected chi connectivity index (χ1v) is 9.90. The van der Waals surface area contributed by atoms with E-state index in [0.717, 1.165) is 45.6 Å². The average molecular weight is 345 g/mol. The van der Waals surface area contributed by atoms with Gasteiger partial charge in [-0.2, -0.15) is 0 Å². The molecule has 0 aromatic heterocycles. The first-order valence-electron chi connectivity index (χ1n) is 9.90. The van der Waals surface area contributed by atoms with Crippen LogP contribution in [0, 0.1) is 0 Å². The first kappa shape index (κ1) is 17.9. The van der Waals surface area contributed by atoms with Crippen LogP contribution in [0.5, 0.6) is 0 Å². The van der Waals surface area contributed by atoms with Crippen molar-refractivity contribution in [1.29, 1.82) is 0 Å². The molecule has 1 aromatic rings. The van der Waals surface area contributed by atoms with E-state index in [1.165, 1.54) is 43.7 Å². The Morgan fingerprint density at radius 2 is 1.44 bits per heavy atom. The summed E-state index contributed by atoms with van der Waals surface area (Å²) in [4.78, 5) is 18.9. The van der Waals surface area contributed by atoms with Gasteiger partial charge < -0.3 is 20.0 Å². The van der Waals surface area contributed by atoms with Crippen LogP contribution in [0.4, 0.5) is 16.2 Å². The number of piperidine rings is 1. The van der Waals surface area contributed by atoms with Gasteiger partial charge in [-0.05, 0) is 49.9 Å². The summed E-state index contributed by atoms with van der Waals surface area (Å²) in [5, 5.41) is 3.01. The van der Waals surface area contributed by atoms with Crippen molar-refractivity contribution in [3.05, 3.63) is 24.3 Å². The van der Waals surface area contributed by atoms with Gasteiger partial charge >= 0.3 is 6.03 Å². The highest BCUT2D eigenvalue weighted by molar-refractivity contribution is 5.74. The number of benzene rings is 1. The van der Waals surface area contributed by atoms with E-state index in [4.69, 9.17) is 0 Å². The fourth-order valence-corrected chi connectivity index (χ4v) is 3.68. The van der Waals surface area contributed by atoms with Gasteiger partial charge in [0.15, 0.2) is 0 Å². The van der Waals surface area contributed by atoms with E-state index in [9.17, 15) is 4.79 Å². The van der Waals surface area contributed by atoms with E-state index in [1.54, 1.807) is 0 Å². The lowest BCUT2D eigenvalue weighted by molar-refractivity contribution is 0.194. The second-order valence-electron chi connectivity index (χ2n) is 7.12. The summed E-state index contributed by atoms with van der Waals surface area (Å²) >= 11 is 0. The number of urea groups is 1. The number of hydrogen-bond acceptors (Lipinski definition) is 3. The van der Waals surface area contributed by atoms with Crippen molar-refractivity contribution in [2.45, 2.75) is 39.0 Å². The number of piperazine rings is 1. The second kappa shape index (κ2) is 8.97. The third kappa shape index (κ3) is 4.80. The van der Waals surface area contributed by atoms with Crippen LogP contribution in [-0.2, 0) is 0 Å². The molecule has 0 aliphatic carbocycles. The molecule has 1 N–H and O–H groups in total. The summed E-state index contributed by atoms with van der Waals surface area (Å²) in [5.74, 6) is 0. The molecule has 2 aliphatic heterocycles. The quantitative estimate of drug-likeness (QED) is 0.833. The van der Waals surface area contributed by atoms with E-state index in [-0.39, 0.29) is 6.03 Å². The molecule has 0 saturated carbocycles. The van der Waals surface area contributed by atoms with Gasteiger partial charge in [0.25, 0.3) is 0 Å². The third-order valence-electron chi connectivity index (χ3n) is 5.31. The topological polar surface area (TPSA) is 38.8 Å². The lowest BCUT2D eigenvalue weighted by Gasteiger charge is -2.36.